The molecule has 0 aliphatic carbocycles. The highest BCUT2D eigenvalue weighted by Crippen LogP contribution is 2.14. The zero-order valence-electron chi connectivity index (χ0n) is 9.20. The summed E-state index contributed by atoms with van der Waals surface area (Å²) in [7, 11) is 1.69. The van der Waals surface area contributed by atoms with Crippen LogP contribution in [0.1, 0.15) is 6.42 Å². The predicted octanol–water partition coefficient (Wildman–Crippen LogP) is 1.81. The smallest absolute Gasteiger partial charge is 0.119 e. The number of methoxy groups -OCH3 is 1. The summed E-state index contributed by atoms with van der Waals surface area (Å²) in [5.41, 5.74) is 1.17. The van der Waals surface area contributed by atoms with E-state index in [2.05, 4.69) is 22.3 Å². The molecule has 1 aromatic rings. The summed E-state index contributed by atoms with van der Waals surface area (Å²) < 4.78 is 5.10. The third-order valence-electron chi connectivity index (χ3n) is 2.61. The number of benzene rings is 1. The molecule has 0 aromatic heterocycles. The largest absolute Gasteiger partial charge is 0.497 e. The molecule has 15 heavy (non-hydrogen) atoms. The van der Waals surface area contributed by atoms with Gasteiger partial charge < -0.3 is 15.0 Å². The van der Waals surface area contributed by atoms with Crippen LogP contribution in [0, 0.1) is 0 Å². The van der Waals surface area contributed by atoms with E-state index in [-0.39, 0.29) is 0 Å². The standard InChI is InChI=1S/C12H18N2O/c1-15-12-5-3-11(4-6-12)13-7-2-8-14-9-10-14/h3-6,13H,2,7-10H2,1H3. The number of anilines is 1. The van der Waals surface area contributed by atoms with Crippen LogP contribution >= 0.6 is 0 Å². The normalized spacial score (nSPS) is 15.0. The maximum atomic E-state index is 5.10. The fourth-order valence-corrected chi connectivity index (χ4v) is 1.54. The minimum Gasteiger partial charge on any atom is -0.497 e. The Bertz CT molecular complexity index is 293. The Kier molecular flexibility index (Phi) is 3.45. The van der Waals surface area contributed by atoms with Crippen molar-refractivity contribution in [3.05, 3.63) is 24.3 Å². The van der Waals surface area contributed by atoms with Crippen LogP contribution in [0.3, 0.4) is 0 Å². The molecule has 1 fully saturated rings. The number of nitrogens with zero attached hydrogens (tertiary/aromatic N) is 1. The summed E-state index contributed by atoms with van der Waals surface area (Å²) in [6.45, 7) is 4.86. The van der Waals surface area contributed by atoms with Gasteiger partial charge in [0.1, 0.15) is 5.75 Å². The van der Waals surface area contributed by atoms with Gasteiger partial charge in [0.15, 0.2) is 0 Å². The first-order valence-electron chi connectivity index (χ1n) is 5.49. The molecular weight excluding hydrogens is 188 g/mol. The highest BCUT2D eigenvalue weighted by atomic mass is 16.5. The van der Waals surface area contributed by atoms with Crippen molar-refractivity contribution in [2.24, 2.45) is 0 Å². The molecule has 0 atom stereocenters. The zero-order chi connectivity index (χ0) is 10.5. The van der Waals surface area contributed by atoms with Crippen molar-refractivity contribution in [3.63, 3.8) is 0 Å². The van der Waals surface area contributed by atoms with Gasteiger partial charge in [-0.2, -0.15) is 0 Å². The van der Waals surface area contributed by atoms with E-state index in [9.17, 15) is 0 Å². The summed E-state index contributed by atoms with van der Waals surface area (Å²) in [6, 6.07) is 8.06. The van der Waals surface area contributed by atoms with Crippen LogP contribution in [-0.4, -0.2) is 38.2 Å². The molecule has 82 valence electrons. The topological polar surface area (TPSA) is 24.3 Å². The Morgan fingerprint density at radius 3 is 2.60 bits per heavy atom. The number of ether oxygens (including phenoxy) is 1. The Labute approximate surface area is 91.0 Å². The van der Waals surface area contributed by atoms with Crippen LogP contribution in [0.2, 0.25) is 0 Å². The lowest BCUT2D eigenvalue weighted by Crippen LogP contribution is -2.08. The van der Waals surface area contributed by atoms with Crippen LogP contribution < -0.4 is 10.1 Å². The molecule has 1 heterocycles. The molecule has 0 bridgehead atoms. The van der Waals surface area contributed by atoms with E-state index in [1.165, 1.54) is 31.7 Å². The van der Waals surface area contributed by atoms with Crippen molar-refractivity contribution in [2.75, 3.05) is 38.6 Å². The van der Waals surface area contributed by atoms with Gasteiger partial charge in [-0.05, 0) is 37.2 Å². The quantitative estimate of drug-likeness (QED) is 0.567. The van der Waals surface area contributed by atoms with Crippen molar-refractivity contribution in [3.8, 4) is 5.75 Å². The summed E-state index contributed by atoms with van der Waals surface area (Å²) in [5, 5.41) is 3.40. The number of hydrogen-bond donors (Lipinski definition) is 1. The van der Waals surface area contributed by atoms with Gasteiger partial charge in [-0.25, -0.2) is 0 Å². The van der Waals surface area contributed by atoms with Crippen molar-refractivity contribution >= 4 is 5.69 Å². The van der Waals surface area contributed by atoms with E-state index in [0.29, 0.717) is 0 Å². The van der Waals surface area contributed by atoms with E-state index >= 15 is 0 Å². The minimum absolute atomic E-state index is 0.907. The minimum atomic E-state index is 0.907. The van der Waals surface area contributed by atoms with Crippen LogP contribution in [0.25, 0.3) is 0 Å². The van der Waals surface area contributed by atoms with E-state index in [0.717, 1.165) is 12.3 Å². The van der Waals surface area contributed by atoms with Gasteiger partial charge >= 0.3 is 0 Å². The van der Waals surface area contributed by atoms with Crippen LogP contribution in [0.5, 0.6) is 5.75 Å². The summed E-state index contributed by atoms with van der Waals surface area (Å²) >= 11 is 0. The second-order valence-corrected chi connectivity index (χ2v) is 3.85. The average molecular weight is 206 g/mol. The SMILES string of the molecule is COc1ccc(NCCCN2CC2)cc1. The zero-order valence-corrected chi connectivity index (χ0v) is 9.20. The van der Waals surface area contributed by atoms with Gasteiger partial charge in [0.2, 0.25) is 0 Å². The van der Waals surface area contributed by atoms with Crippen LogP contribution in [-0.2, 0) is 0 Å². The summed E-state index contributed by atoms with van der Waals surface area (Å²) in [5.74, 6) is 0.907. The fourth-order valence-electron chi connectivity index (χ4n) is 1.54. The first-order chi connectivity index (χ1) is 7.38. The third-order valence-corrected chi connectivity index (χ3v) is 2.61. The molecule has 3 heteroatoms. The lowest BCUT2D eigenvalue weighted by molar-refractivity contribution is 0.415. The Balaban J connectivity index is 1.67. The second-order valence-electron chi connectivity index (χ2n) is 3.85. The van der Waals surface area contributed by atoms with E-state index < -0.39 is 0 Å². The Morgan fingerprint density at radius 1 is 1.27 bits per heavy atom. The average Bonchev–Trinajstić information content (AvgIpc) is 3.09. The number of nitrogens with one attached hydrogen (secondary N) is 1. The van der Waals surface area contributed by atoms with Gasteiger partial charge in [-0.3, -0.25) is 0 Å². The molecule has 1 aromatic carbocycles. The maximum Gasteiger partial charge on any atom is 0.119 e. The Hall–Kier alpha value is -1.22. The van der Waals surface area contributed by atoms with Crippen molar-refractivity contribution in [2.45, 2.75) is 6.42 Å². The lowest BCUT2D eigenvalue weighted by atomic mass is 10.3. The predicted molar refractivity (Wildman–Crippen MR) is 62.5 cm³/mol. The number of hydrogen-bond acceptors (Lipinski definition) is 3. The molecule has 0 saturated carbocycles. The van der Waals surface area contributed by atoms with Crippen LogP contribution in [0.15, 0.2) is 24.3 Å². The molecule has 0 unspecified atom stereocenters. The van der Waals surface area contributed by atoms with Gasteiger partial charge in [0.25, 0.3) is 0 Å². The van der Waals surface area contributed by atoms with Gasteiger partial charge in [-0.1, -0.05) is 0 Å². The number of rotatable bonds is 6. The van der Waals surface area contributed by atoms with E-state index in [1.54, 1.807) is 7.11 Å². The van der Waals surface area contributed by atoms with Gasteiger partial charge in [-0.15, -0.1) is 0 Å². The van der Waals surface area contributed by atoms with Crippen LogP contribution in [0.4, 0.5) is 5.69 Å². The molecule has 1 aliphatic heterocycles. The lowest BCUT2D eigenvalue weighted by Gasteiger charge is -2.07. The highest BCUT2D eigenvalue weighted by Gasteiger charge is 2.15. The molecular formula is C12H18N2O. The first-order valence-corrected chi connectivity index (χ1v) is 5.49. The molecule has 2 rings (SSSR count). The first kappa shape index (κ1) is 10.3. The third kappa shape index (κ3) is 3.44. The van der Waals surface area contributed by atoms with Gasteiger partial charge in [0.05, 0.1) is 7.11 Å². The molecule has 1 aliphatic rings. The van der Waals surface area contributed by atoms with Crippen molar-refractivity contribution < 1.29 is 4.74 Å². The highest BCUT2D eigenvalue weighted by molar-refractivity contribution is 5.46. The molecule has 0 spiro atoms. The molecule has 0 radical (unpaired) electrons. The molecule has 1 saturated heterocycles. The molecule has 1 N–H and O–H groups in total. The van der Waals surface area contributed by atoms with Crippen molar-refractivity contribution in [1.82, 2.24) is 4.90 Å². The molecule has 0 amide bonds. The monoisotopic (exact) mass is 206 g/mol. The van der Waals surface area contributed by atoms with E-state index in [4.69, 9.17) is 4.74 Å². The van der Waals surface area contributed by atoms with E-state index in [1.807, 2.05) is 12.1 Å². The molecule has 3 nitrogen and oxygen atoms in total. The fraction of sp³-hybridized carbons (Fsp3) is 0.500. The van der Waals surface area contributed by atoms with Gasteiger partial charge in [0, 0.05) is 25.3 Å². The summed E-state index contributed by atoms with van der Waals surface area (Å²) in [6.07, 6.45) is 1.21. The maximum absolute atomic E-state index is 5.10. The van der Waals surface area contributed by atoms with Crippen molar-refractivity contribution in [1.29, 1.82) is 0 Å². The Morgan fingerprint density at radius 2 is 2.00 bits per heavy atom. The second kappa shape index (κ2) is 5.03. The summed E-state index contributed by atoms with van der Waals surface area (Å²) in [4.78, 5) is 2.44.